The SMILES string of the molecule is NC(=Nc1cccc(CNCCCCCO)c1)c1cccs1. The summed E-state index contributed by atoms with van der Waals surface area (Å²) < 4.78 is 0. The number of rotatable bonds is 9. The van der Waals surface area contributed by atoms with Gasteiger partial charge in [-0.05, 0) is 54.9 Å². The van der Waals surface area contributed by atoms with E-state index in [1.165, 1.54) is 5.56 Å². The quantitative estimate of drug-likeness (QED) is 0.378. The first kappa shape index (κ1) is 16.7. The Bertz CT molecular complexity index is 581. The summed E-state index contributed by atoms with van der Waals surface area (Å²) in [5, 5.41) is 14.1. The van der Waals surface area contributed by atoms with Gasteiger partial charge in [-0.1, -0.05) is 18.2 Å². The molecule has 0 saturated heterocycles. The van der Waals surface area contributed by atoms with Crippen molar-refractivity contribution in [2.45, 2.75) is 25.8 Å². The molecule has 0 saturated carbocycles. The van der Waals surface area contributed by atoms with Crippen LogP contribution in [0.15, 0.2) is 46.8 Å². The number of hydrogen-bond donors (Lipinski definition) is 3. The highest BCUT2D eigenvalue weighted by molar-refractivity contribution is 7.12. The fourth-order valence-corrected chi connectivity index (χ4v) is 2.75. The number of nitrogens with one attached hydrogen (secondary N) is 1. The summed E-state index contributed by atoms with van der Waals surface area (Å²) in [5.74, 6) is 0.559. The van der Waals surface area contributed by atoms with Crippen molar-refractivity contribution in [2.24, 2.45) is 10.7 Å². The summed E-state index contributed by atoms with van der Waals surface area (Å²) >= 11 is 1.59. The first-order valence-electron chi connectivity index (χ1n) is 7.58. The van der Waals surface area contributed by atoms with Gasteiger partial charge in [0.2, 0.25) is 0 Å². The van der Waals surface area contributed by atoms with Gasteiger partial charge >= 0.3 is 0 Å². The second-order valence-electron chi connectivity index (χ2n) is 5.11. The van der Waals surface area contributed by atoms with E-state index in [1.54, 1.807) is 11.3 Å². The normalized spacial score (nSPS) is 11.8. The number of hydrogen-bond acceptors (Lipinski definition) is 4. The minimum absolute atomic E-state index is 0.283. The molecule has 4 N–H and O–H groups in total. The Balaban J connectivity index is 1.86. The number of aliphatic imine (C=N–C) groups is 1. The molecule has 22 heavy (non-hydrogen) atoms. The van der Waals surface area contributed by atoms with E-state index in [0.29, 0.717) is 5.84 Å². The van der Waals surface area contributed by atoms with Gasteiger partial charge in [-0.25, -0.2) is 4.99 Å². The van der Waals surface area contributed by atoms with E-state index in [0.717, 1.165) is 42.9 Å². The maximum absolute atomic E-state index is 8.73. The van der Waals surface area contributed by atoms with E-state index in [-0.39, 0.29) is 6.61 Å². The van der Waals surface area contributed by atoms with Crippen molar-refractivity contribution < 1.29 is 5.11 Å². The zero-order valence-electron chi connectivity index (χ0n) is 12.7. The van der Waals surface area contributed by atoms with Crippen molar-refractivity contribution in [3.8, 4) is 0 Å². The third kappa shape index (κ3) is 5.60. The molecule has 0 radical (unpaired) electrons. The lowest BCUT2D eigenvalue weighted by Gasteiger charge is -2.06. The van der Waals surface area contributed by atoms with Crippen LogP contribution in [0.3, 0.4) is 0 Å². The van der Waals surface area contributed by atoms with Crippen molar-refractivity contribution in [3.05, 3.63) is 52.2 Å². The maximum Gasteiger partial charge on any atom is 0.141 e. The van der Waals surface area contributed by atoms with Crippen molar-refractivity contribution in [1.29, 1.82) is 0 Å². The average molecular weight is 317 g/mol. The Hall–Kier alpha value is -1.69. The summed E-state index contributed by atoms with van der Waals surface area (Å²) in [6.45, 7) is 2.07. The number of aliphatic hydroxyl groups is 1. The molecule has 1 aromatic heterocycles. The predicted molar refractivity (Wildman–Crippen MR) is 93.8 cm³/mol. The van der Waals surface area contributed by atoms with Crippen LogP contribution in [0.5, 0.6) is 0 Å². The molecule has 1 heterocycles. The van der Waals surface area contributed by atoms with Gasteiger partial charge in [0.05, 0.1) is 10.6 Å². The molecule has 0 amide bonds. The Morgan fingerprint density at radius 3 is 2.86 bits per heavy atom. The summed E-state index contributed by atoms with van der Waals surface area (Å²) in [6, 6.07) is 12.1. The van der Waals surface area contributed by atoms with Gasteiger partial charge in [0, 0.05) is 13.2 Å². The highest BCUT2D eigenvalue weighted by atomic mass is 32.1. The van der Waals surface area contributed by atoms with Crippen LogP contribution in [-0.2, 0) is 6.54 Å². The predicted octanol–water partition coefficient (Wildman–Crippen LogP) is 3.04. The van der Waals surface area contributed by atoms with E-state index in [9.17, 15) is 0 Å². The molecule has 0 aliphatic heterocycles. The fraction of sp³-hybridized carbons (Fsp3) is 0.353. The molecular formula is C17H23N3OS. The molecule has 118 valence electrons. The van der Waals surface area contributed by atoms with Crippen LogP contribution in [0.2, 0.25) is 0 Å². The van der Waals surface area contributed by atoms with Gasteiger partial charge in [0.15, 0.2) is 0 Å². The van der Waals surface area contributed by atoms with Crippen LogP contribution < -0.4 is 11.1 Å². The summed E-state index contributed by atoms with van der Waals surface area (Å²) in [5.41, 5.74) is 8.09. The molecule has 0 aliphatic rings. The van der Waals surface area contributed by atoms with Crippen molar-refractivity contribution in [1.82, 2.24) is 5.32 Å². The van der Waals surface area contributed by atoms with E-state index in [4.69, 9.17) is 10.8 Å². The van der Waals surface area contributed by atoms with Gasteiger partial charge in [-0.3, -0.25) is 0 Å². The Labute approximate surface area is 135 Å². The van der Waals surface area contributed by atoms with E-state index >= 15 is 0 Å². The number of nitrogens with two attached hydrogens (primary N) is 1. The van der Waals surface area contributed by atoms with Crippen LogP contribution in [0.25, 0.3) is 0 Å². The zero-order valence-corrected chi connectivity index (χ0v) is 13.5. The molecule has 2 aromatic rings. The highest BCUT2D eigenvalue weighted by Gasteiger charge is 2.00. The van der Waals surface area contributed by atoms with Crippen molar-refractivity contribution >= 4 is 22.9 Å². The molecule has 0 fully saturated rings. The van der Waals surface area contributed by atoms with Crippen LogP contribution in [0.4, 0.5) is 5.69 Å². The van der Waals surface area contributed by atoms with E-state index < -0.39 is 0 Å². The average Bonchev–Trinajstić information content (AvgIpc) is 3.06. The number of nitrogens with zero attached hydrogens (tertiary/aromatic N) is 1. The second kappa shape index (κ2) is 9.35. The highest BCUT2D eigenvalue weighted by Crippen LogP contribution is 2.16. The zero-order chi connectivity index (χ0) is 15.6. The lowest BCUT2D eigenvalue weighted by atomic mass is 10.2. The van der Waals surface area contributed by atoms with Crippen molar-refractivity contribution in [2.75, 3.05) is 13.2 Å². The maximum atomic E-state index is 8.73. The topological polar surface area (TPSA) is 70.6 Å². The third-order valence-electron chi connectivity index (χ3n) is 3.27. The number of unbranched alkanes of at least 4 members (excludes halogenated alkanes) is 2. The molecular weight excluding hydrogens is 294 g/mol. The first-order valence-corrected chi connectivity index (χ1v) is 8.46. The van der Waals surface area contributed by atoms with Crippen LogP contribution in [0, 0.1) is 0 Å². The van der Waals surface area contributed by atoms with Crippen LogP contribution in [0.1, 0.15) is 29.7 Å². The molecule has 0 atom stereocenters. The second-order valence-corrected chi connectivity index (χ2v) is 6.05. The largest absolute Gasteiger partial charge is 0.396 e. The van der Waals surface area contributed by atoms with E-state index in [1.807, 2.05) is 29.6 Å². The Morgan fingerprint density at radius 1 is 1.18 bits per heavy atom. The minimum atomic E-state index is 0.283. The standard InChI is InChI=1S/C17H23N3OS/c18-17(16-8-5-11-22-16)20-15-7-4-6-14(12-15)13-19-9-2-1-3-10-21/h4-8,11-12,19,21H,1-3,9-10,13H2,(H2,18,20). The molecule has 0 unspecified atom stereocenters. The minimum Gasteiger partial charge on any atom is -0.396 e. The Morgan fingerprint density at radius 2 is 2.09 bits per heavy atom. The van der Waals surface area contributed by atoms with Gasteiger partial charge in [-0.2, -0.15) is 0 Å². The molecule has 5 heteroatoms. The third-order valence-corrected chi connectivity index (χ3v) is 4.17. The van der Waals surface area contributed by atoms with Gasteiger partial charge in [-0.15, -0.1) is 11.3 Å². The molecule has 0 spiro atoms. The molecule has 0 bridgehead atoms. The van der Waals surface area contributed by atoms with Crippen molar-refractivity contribution in [3.63, 3.8) is 0 Å². The summed E-state index contributed by atoms with van der Waals surface area (Å²) in [4.78, 5) is 5.47. The number of aliphatic hydroxyl groups excluding tert-OH is 1. The molecule has 1 aromatic carbocycles. The van der Waals surface area contributed by atoms with Crippen LogP contribution >= 0.6 is 11.3 Å². The molecule has 2 rings (SSSR count). The number of amidine groups is 1. The first-order chi connectivity index (χ1) is 10.8. The number of benzene rings is 1. The van der Waals surface area contributed by atoms with Gasteiger partial charge in [0.1, 0.15) is 5.84 Å². The van der Waals surface area contributed by atoms with E-state index in [2.05, 4.69) is 22.4 Å². The van der Waals surface area contributed by atoms with Crippen LogP contribution in [-0.4, -0.2) is 24.1 Å². The molecule has 4 nitrogen and oxygen atoms in total. The molecule has 0 aliphatic carbocycles. The van der Waals surface area contributed by atoms with Gasteiger partial charge < -0.3 is 16.2 Å². The summed E-state index contributed by atoms with van der Waals surface area (Å²) in [6.07, 6.45) is 3.03. The van der Waals surface area contributed by atoms with Gasteiger partial charge in [0.25, 0.3) is 0 Å². The Kier molecular flexibility index (Phi) is 7.09. The summed E-state index contributed by atoms with van der Waals surface area (Å²) in [7, 11) is 0. The smallest absolute Gasteiger partial charge is 0.141 e. The fourth-order valence-electron chi connectivity index (χ4n) is 2.13. The lowest BCUT2D eigenvalue weighted by molar-refractivity contribution is 0.283. The lowest BCUT2D eigenvalue weighted by Crippen LogP contribution is -2.14. The monoisotopic (exact) mass is 317 g/mol. The number of thiophene rings is 1.